The highest BCUT2D eigenvalue weighted by Gasteiger charge is 1.98. The van der Waals surface area contributed by atoms with Gasteiger partial charge in [-0.05, 0) is 7.05 Å². The molecule has 0 atom stereocenters. The molecule has 0 unspecified atom stereocenters. The first-order chi connectivity index (χ1) is 3.55. The number of rotatable bonds is 1. The molecule has 0 spiro atoms. The molecule has 4 heteroatoms. The van der Waals surface area contributed by atoms with Crippen LogP contribution in [0.4, 0.5) is 0 Å². The van der Waals surface area contributed by atoms with Crippen molar-refractivity contribution in [3.63, 3.8) is 0 Å². The zero-order valence-electron chi connectivity index (χ0n) is 4.76. The maximum Gasteiger partial charge on any atom is 0.193 e. The summed E-state index contributed by atoms with van der Waals surface area (Å²) in [6.07, 6.45) is 0. The van der Waals surface area contributed by atoms with Crippen molar-refractivity contribution in [3.8, 4) is 0 Å². The zero-order chi connectivity index (χ0) is 6.73. The number of hydroxylamine groups is 2. The highest BCUT2D eigenvalue weighted by atomic mass is 16.5. The number of hydrogen-bond donors (Lipinski definition) is 1. The van der Waals surface area contributed by atoms with Crippen molar-refractivity contribution in [2.24, 2.45) is 0 Å². The average Bonchev–Trinajstić information content (AvgIpc) is 1.64. The van der Waals surface area contributed by atoms with Gasteiger partial charge in [-0.1, -0.05) is 0 Å². The van der Waals surface area contributed by atoms with Crippen molar-refractivity contribution in [2.75, 3.05) is 7.05 Å². The van der Waals surface area contributed by atoms with Gasteiger partial charge in [-0.2, -0.15) is 0 Å². The molecule has 0 aliphatic rings. The molecule has 0 aromatic carbocycles. The van der Waals surface area contributed by atoms with Gasteiger partial charge in [-0.25, -0.2) is 0 Å². The molecule has 0 radical (unpaired) electrons. The molecular weight excluding hydrogens is 108 g/mol. The Labute approximate surface area is 47.2 Å². The molecule has 0 fully saturated rings. The van der Waals surface area contributed by atoms with Crippen LogP contribution in [0.25, 0.3) is 0 Å². The van der Waals surface area contributed by atoms with Crippen LogP contribution in [-0.2, 0) is 4.79 Å². The number of ketones is 1. The lowest BCUT2D eigenvalue weighted by Crippen LogP contribution is -2.25. The van der Waals surface area contributed by atoms with Gasteiger partial charge in [0.25, 0.3) is 0 Å². The normalized spacial score (nSPS) is 8.38. The molecule has 0 aromatic heterocycles. The molecule has 0 aliphatic heterocycles. The van der Waals surface area contributed by atoms with Crippen molar-refractivity contribution < 1.29 is 4.79 Å². The van der Waals surface area contributed by atoms with E-state index in [2.05, 4.69) is 0 Å². The van der Waals surface area contributed by atoms with Gasteiger partial charge >= 0.3 is 0 Å². The second-order valence-corrected chi connectivity index (χ2v) is 1.40. The molecule has 8 heavy (non-hydrogen) atoms. The maximum atomic E-state index is 10.1. The van der Waals surface area contributed by atoms with Crippen LogP contribution in [0.5, 0.6) is 0 Å². The molecule has 46 valence electrons. The van der Waals surface area contributed by atoms with Gasteiger partial charge in [-0.3, -0.25) is 10.2 Å². The van der Waals surface area contributed by atoms with E-state index in [0.29, 0.717) is 0 Å². The van der Waals surface area contributed by atoms with Crippen LogP contribution >= 0.6 is 0 Å². The van der Waals surface area contributed by atoms with E-state index in [0.717, 1.165) is 7.05 Å². The van der Waals surface area contributed by atoms with Crippen LogP contribution in [-0.4, -0.2) is 23.7 Å². The van der Waals surface area contributed by atoms with Gasteiger partial charge in [-0.15, -0.1) is 0 Å². The summed E-state index contributed by atoms with van der Waals surface area (Å²) in [5.74, 6) is -1.02. The third kappa shape index (κ3) is 1.70. The molecule has 0 aromatic rings. The molecule has 0 heterocycles. The number of carbonyl (C=O) groups is 1. The lowest BCUT2D eigenvalue weighted by Gasteiger charge is -2.22. The molecule has 0 aliphatic carbocycles. The van der Waals surface area contributed by atoms with E-state index in [1.807, 2.05) is 0 Å². The Morgan fingerprint density at radius 2 is 2.12 bits per heavy atom. The number of hydrogen-bond acceptors (Lipinski definition) is 3. The second kappa shape index (κ2) is 2.42. The summed E-state index contributed by atoms with van der Waals surface area (Å²) in [5, 5.41) is 16.9. The summed E-state index contributed by atoms with van der Waals surface area (Å²) in [5.41, 5.74) is 0. The van der Waals surface area contributed by atoms with E-state index in [1.165, 1.54) is 6.92 Å². The Balaban J connectivity index is 3.84. The highest BCUT2D eigenvalue weighted by Crippen LogP contribution is 1.80. The SMILES string of the molecule is CC(=O)C(=N)N(C)[O-]. The fourth-order valence-corrected chi connectivity index (χ4v) is 0.222. The van der Waals surface area contributed by atoms with Crippen LogP contribution in [0.3, 0.4) is 0 Å². The fraction of sp³-hybridized carbons (Fsp3) is 0.500. The summed E-state index contributed by atoms with van der Waals surface area (Å²) < 4.78 is 0. The smallest absolute Gasteiger partial charge is 0.193 e. The van der Waals surface area contributed by atoms with Gasteiger partial charge < -0.3 is 10.3 Å². The monoisotopic (exact) mass is 115 g/mol. The average molecular weight is 115 g/mol. The van der Waals surface area contributed by atoms with E-state index in [9.17, 15) is 10.0 Å². The lowest BCUT2D eigenvalue weighted by molar-refractivity contribution is -0.111. The zero-order valence-corrected chi connectivity index (χ0v) is 4.76. The van der Waals surface area contributed by atoms with Crippen molar-refractivity contribution in [2.45, 2.75) is 6.92 Å². The summed E-state index contributed by atoms with van der Waals surface area (Å²) in [6.45, 7) is 1.18. The molecule has 0 amide bonds. The predicted octanol–water partition coefficient (Wildman–Crippen LogP) is -0.0177. The Hall–Kier alpha value is -0.900. The first-order valence-electron chi connectivity index (χ1n) is 2.06. The first-order valence-corrected chi connectivity index (χ1v) is 2.06. The minimum atomic E-state index is -0.512. The molecule has 0 rings (SSSR count). The number of Topliss-reactive ketones (excluding diaryl/α,β-unsaturated/α-hetero) is 1. The predicted molar refractivity (Wildman–Crippen MR) is 29.5 cm³/mol. The summed E-state index contributed by atoms with van der Waals surface area (Å²) in [7, 11) is 1.11. The van der Waals surface area contributed by atoms with Crippen molar-refractivity contribution in [3.05, 3.63) is 5.21 Å². The molecular formula is C4H7N2O2-. The molecule has 0 saturated carbocycles. The van der Waals surface area contributed by atoms with E-state index >= 15 is 0 Å². The first kappa shape index (κ1) is 7.10. The molecule has 0 saturated heterocycles. The second-order valence-electron chi connectivity index (χ2n) is 1.40. The Morgan fingerprint density at radius 3 is 2.12 bits per heavy atom. The molecule has 4 nitrogen and oxygen atoms in total. The lowest BCUT2D eigenvalue weighted by atomic mass is 10.4. The summed E-state index contributed by atoms with van der Waals surface area (Å²) in [6, 6.07) is 0. The van der Waals surface area contributed by atoms with E-state index < -0.39 is 11.6 Å². The van der Waals surface area contributed by atoms with E-state index in [1.54, 1.807) is 0 Å². The minimum absolute atomic E-state index is 0.225. The Morgan fingerprint density at radius 1 is 1.75 bits per heavy atom. The summed E-state index contributed by atoms with van der Waals surface area (Å²) >= 11 is 0. The van der Waals surface area contributed by atoms with Crippen molar-refractivity contribution in [1.82, 2.24) is 5.06 Å². The largest absolute Gasteiger partial charge is 0.757 e. The van der Waals surface area contributed by atoms with Crippen LogP contribution in [0, 0.1) is 10.6 Å². The topological polar surface area (TPSA) is 67.2 Å². The minimum Gasteiger partial charge on any atom is -0.757 e. The number of amidine groups is 1. The van der Waals surface area contributed by atoms with Crippen molar-refractivity contribution >= 4 is 11.6 Å². The quantitative estimate of drug-likeness (QED) is 0.296. The molecule has 1 N–H and O–H groups in total. The third-order valence-corrected chi connectivity index (χ3v) is 0.648. The maximum absolute atomic E-state index is 10.1. The third-order valence-electron chi connectivity index (χ3n) is 0.648. The van der Waals surface area contributed by atoms with Crippen LogP contribution in [0.15, 0.2) is 0 Å². The van der Waals surface area contributed by atoms with Crippen molar-refractivity contribution in [1.29, 1.82) is 5.41 Å². The Kier molecular flexibility index (Phi) is 2.15. The molecule has 0 bridgehead atoms. The summed E-state index contributed by atoms with van der Waals surface area (Å²) in [4.78, 5) is 10.1. The number of nitrogens with zero attached hydrogens (tertiary/aromatic N) is 1. The van der Waals surface area contributed by atoms with Crippen LogP contribution < -0.4 is 0 Å². The van der Waals surface area contributed by atoms with Crippen LogP contribution in [0.1, 0.15) is 6.92 Å². The number of nitrogens with one attached hydrogen (secondary N) is 1. The van der Waals surface area contributed by atoms with Gasteiger partial charge in [0.1, 0.15) is 0 Å². The van der Waals surface area contributed by atoms with Crippen LogP contribution in [0.2, 0.25) is 0 Å². The van der Waals surface area contributed by atoms with Gasteiger partial charge in [0.2, 0.25) is 0 Å². The van der Waals surface area contributed by atoms with Gasteiger partial charge in [0, 0.05) is 6.92 Å². The number of carbonyl (C=O) groups excluding carboxylic acids is 1. The Bertz CT molecular complexity index is 119. The van der Waals surface area contributed by atoms with E-state index in [4.69, 9.17) is 5.41 Å². The van der Waals surface area contributed by atoms with Gasteiger partial charge in [0.05, 0.1) is 0 Å². The van der Waals surface area contributed by atoms with Gasteiger partial charge in [0.15, 0.2) is 11.6 Å². The standard InChI is InChI=1S/C4H7N2O2/c1-3(7)4(5)6(2)8/h5H,1-2H3/q-1. The fourth-order valence-electron chi connectivity index (χ4n) is 0.222. The highest BCUT2D eigenvalue weighted by molar-refractivity contribution is 6.36. The number of likely N-dealkylation sites (N-methyl/N-ethyl adjacent to an activating group) is 1. The van der Waals surface area contributed by atoms with E-state index in [-0.39, 0.29) is 5.06 Å².